The number of nitrogens with one attached hydrogen (secondary N) is 1. The molecule has 1 amide bonds. The van der Waals surface area contributed by atoms with Gasteiger partial charge in [0, 0.05) is 48.1 Å². The number of ether oxygens (including phenoxy) is 1. The monoisotopic (exact) mass is 346 g/mol. The van der Waals surface area contributed by atoms with E-state index in [0.29, 0.717) is 12.1 Å². The average molecular weight is 346 g/mol. The van der Waals surface area contributed by atoms with Crippen molar-refractivity contribution >= 4 is 28.8 Å². The zero-order valence-electron chi connectivity index (χ0n) is 9.43. The van der Waals surface area contributed by atoms with E-state index >= 15 is 0 Å². The molecule has 1 aromatic carbocycles. The molecule has 1 aliphatic heterocycles. The first-order chi connectivity index (χ1) is 8.25. The number of carbonyl (C=O) groups is 1. The van der Waals surface area contributed by atoms with E-state index in [1.54, 1.807) is 0 Å². The maximum atomic E-state index is 11.8. The molecule has 1 aliphatic rings. The molecule has 1 unspecified atom stereocenters. The fraction of sp³-hybridized carbons (Fsp3) is 0.417. The van der Waals surface area contributed by atoms with Crippen molar-refractivity contribution in [3.05, 3.63) is 35.9 Å². The largest absolute Gasteiger partial charge is 0.374 e. The minimum absolute atomic E-state index is 0.0419. The van der Waals surface area contributed by atoms with Gasteiger partial charge in [0.05, 0.1) is 12.7 Å². The zero-order valence-corrected chi connectivity index (χ0v) is 11.6. The summed E-state index contributed by atoms with van der Waals surface area (Å²) in [7, 11) is 0. The summed E-state index contributed by atoms with van der Waals surface area (Å²) in [6.07, 6.45) is 0.0910. The van der Waals surface area contributed by atoms with Crippen LogP contribution in [0.5, 0.6) is 0 Å². The second-order valence-corrected chi connectivity index (χ2v) is 5.30. The van der Waals surface area contributed by atoms with Crippen molar-refractivity contribution in [1.29, 1.82) is 0 Å². The Morgan fingerprint density at radius 3 is 2.94 bits per heavy atom. The first-order valence-corrected chi connectivity index (χ1v) is 6.58. The van der Waals surface area contributed by atoms with E-state index in [1.165, 1.54) is 0 Å². The molecule has 1 fully saturated rings. The first-order valence-electron chi connectivity index (χ1n) is 5.61. The van der Waals surface area contributed by atoms with Crippen LogP contribution >= 0.6 is 22.9 Å². The van der Waals surface area contributed by atoms with Gasteiger partial charge in [-0.25, -0.2) is 3.11 Å². The normalized spacial score (nSPS) is 21.1. The third kappa shape index (κ3) is 3.93. The van der Waals surface area contributed by atoms with Gasteiger partial charge in [-0.1, -0.05) is 18.2 Å². The molecular formula is C12H15IN2O2. The Hall–Kier alpha value is -0.660. The van der Waals surface area contributed by atoms with Crippen LogP contribution in [0.1, 0.15) is 10.4 Å². The van der Waals surface area contributed by atoms with Gasteiger partial charge in [-0.2, -0.15) is 0 Å². The quantitative estimate of drug-likeness (QED) is 0.666. The summed E-state index contributed by atoms with van der Waals surface area (Å²) in [5, 5.41) is 2.90. The number of hydrogen-bond acceptors (Lipinski definition) is 3. The van der Waals surface area contributed by atoms with Crippen LogP contribution in [0, 0.1) is 0 Å². The second-order valence-electron chi connectivity index (χ2n) is 3.94. The lowest BCUT2D eigenvalue weighted by atomic mass is 10.2. The van der Waals surface area contributed by atoms with Gasteiger partial charge in [-0.15, -0.1) is 0 Å². The van der Waals surface area contributed by atoms with Crippen LogP contribution in [0.25, 0.3) is 0 Å². The van der Waals surface area contributed by atoms with E-state index < -0.39 is 0 Å². The molecule has 5 heteroatoms. The Balaban J connectivity index is 1.80. The van der Waals surface area contributed by atoms with Gasteiger partial charge in [0.2, 0.25) is 0 Å². The standard InChI is InChI=1S/C12H15IN2O2/c13-15-6-7-17-11(9-15)8-14-12(16)10-4-2-1-3-5-10/h1-5,11H,6-9H2,(H,14,16). The Morgan fingerprint density at radius 2 is 2.24 bits per heavy atom. The summed E-state index contributed by atoms with van der Waals surface area (Å²) in [5.41, 5.74) is 0.689. The predicted octanol–water partition coefficient (Wildman–Crippen LogP) is 1.47. The average Bonchev–Trinajstić information content (AvgIpc) is 2.37. The van der Waals surface area contributed by atoms with Crippen molar-refractivity contribution in [2.75, 3.05) is 26.2 Å². The van der Waals surface area contributed by atoms with Crippen LogP contribution in [0.4, 0.5) is 0 Å². The molecule has 92 valence electrons. The molecule has 0 aromatic heterocycles. The predicted molar refractivity (Wildman–Crippen MR) is 74.1 cm³/mol. The topological polar surface area (TPSA) is 41.6 Å². The van der Waals surface area contributed by atoms with Crippen molar-refractivity contribution in [2.24, 2.45) is 0 Å². The van der Waals surface area contributed by atoms with Crippen LogP contribution in [0.15, 0.2) is 30.3 Å². The van der Waals surface area contributed by atoms with E-state index in [1.807, 2.05) is 30.3 Å². The van der Waals surface area contributed by atoms with Gasteiger partial charge in [-0.05, 0) is 12.1 Å². The molecule has 0 spiro atoms. The Morgan fingerprint density at radius 1 is 1.47 bits per heavy atom. The molecule has 2 rings (SSSR count). The Labute approximate surface area is 115 Å². The summed E-state index contributed by atoms with van der Waals surface area (Å²) in [6, 6.07) is 9.23. The summed E-state index contributed by atoms with van der Waals surface area (Å²) in [6.45, 7) is 3.10. The number of carbonyl (C=O) groups excluding carboxylic acids is 1. The first kappa shape index (κ1) is 12.8. The van der Waals surface area contributed by atoms with Crippen LogP contribution in [-0.4, -0.2) is 41.4 Å². The molecular weight excluding hydrogens is 331 g/mol. The van der Waals surface area contributed by atoms with E-state index in [-0.39, 0.29) is 12.0 Å². The van der Waals surface area contributed by atoms with E-state index in [9.17, 15) is 4.79 Å². The highest BCUT2D eigenvalue weighted by atomic mass is 127. The maximum Gasteiger partial charge on any atom is 0.251 e. The van der Waals surface area contributed by atoms with Gasteiger partial charge < -0.3 is 10.1 Å². The van der Waals surface area contributed by atoms with Gasteiger partial charge in [0.25, 0.3) is 5.91 Å². The summed E-state index contributed by atoms with van der Waals surface area (Å²) < 4.78 is 7.75. The van der Waals surface area contributed by atoms with Gasteiger partial charge >= 0.3 is 0 Å². The number of hydrogen-bond donors (Lipinski definition) is 1. The highest BCUT2D eigenvalue weighted by Gasteiger charge is 2.19. The number of benzene rings is 1. The fourth-order valence-corrected chi connectivity index (χ4v) is 2.34. The van der Waals surface area contributed by atoms with E-state index in [4.69, 9.17) is 4.74 Å². The molecule has 4 nitrogen and oxygen atoms in total. The highest BCUT2D eigenvalue weighted by Crippen LogP contribution is 2.08. The molecule has 0 aliphatic carbocycles. The molecule has 0 saturated carbocycles. The van der Waals surface area contributed by atoms with Crippen molar-refractivity contribution < 1.29 is 9.53 Å². The zero-order chi connectivity index (χ0) is 12.1. The van der Waals surface area contributed by atoms with Crippen molar-refractivity contribution in [3.63, 3.8) is 0 Å². The van der Waals surface area contributed by atoms with Crippen molar-refractivity contribution in [1.82, 2.24) is 8.43 Å². The SMILES string of the molecule is O=C(NCC1CN(I)CCO1)c1ccccc1. The lowest BCUT2D eigenvalue weighted by molar-refractivity contribution is 0.00816. The summed E-state index contributed by atoms with van der Waals surface area (Å²) >= 11 is 2.28. The Bertz CT molecular complexity index is 372. The van der Waals surface area contributed by atoms with E-state index in [2.05, 4.69) is 31.3 Å². The molecule has 0 radical (unpaired) electrons. The lowest BCUT2D eigenvalue weighted by Crippen LogP contribution is -2.44. The number of halogens is 1. The van der Waals surface area contributed by atoms with Gasteiger partial charge in [0.15, 0.2) is 0 Å². The number of morpholine rings is 1. The molecule has 1 N–H and O–H groups in total. The van der Waals surface area contributed by atoms with Crippen LogP contribution in [-0.2, 0) is 4.74 Å². The molecule has 17 heavy (non-hydrogen) atoms. The molecule has 0 bridgehead atoms. The highest BCUT2D eigenvalue weighted by molar-refractivity contribution is 14.1. The molecule has 1 aromatic rings. The maximum absolute atomic E-state index is 11.8. The number of amides is 1. The van der Waals surface area contributed by atoms with E-state index in [0.717, 1.165) is 19.7 Å². The summed E-state index contributed by atoms with van der Waals surface area (Å²) in [5.74, 6) is -0.0419. The fourth-order valence-electron chi connectivity index (χ4n) is 1.70. The summed E-state index contributed by atoms with van der Waals surface area (Å²) in [4.78, 5) is 11.8. The molecule has 1 atom stereocenters. The Kier molecular flexibility index (Phi) is 4.75. The van der Waals surface area contributed by atoms with Crippen molar-refractivity contribution in [2.45, 2.75) is 6.10 Å². The minimum Gasteiger partial charge on any atom is -0.374 e. The molecule has 1 heterocycles. The van der Waals surface area contributed by atoms with Crippen LogP contribution in [0.2, 0.25) is 0 Å². The molecule has 1 saturated heterocycles. The second kappa shape index (κ2) is 6.32. The van der Waals surface area contributed by atoms with Gasteiger partial charge in [-0.3, -0.25) is 4.79 Å². The minimum atomic E-state index is -0.0419. The third-order valence-electron chi connectivity index (χ3n) is 2.62. The smallest absolute Gasteiger partial charge is 0.251 e. The van der Waals surface area contributed by atoms with Gasteiger partial charge in [0.1, 0.15) is 0 Å². The van der Waals surface area contributed by atoms with Crippen LogP contribution in [0.3, 0.4) is 0 Å². The van der Waals surface area contributed by atoms with Crippen LogP contribution < -0.4 is 5.32 Å². The lowest BCUT2D eigenvalue weighted by Gasteiger charge is -2.28. The number of nitrogens with zero attached hydrogens (tertiary/aromatic N) is 1. The number of rotatable bonds is 3. The third-order valence-corrected chi connectivity index (χ3v) is 3.49. The van der Waals surface area contributed by atoms with Crippen molar-refractivity contribution in [3.8, 4) is 0 Å².